The van der Waals surface area contributed by atoms with Crippen LogP contribution in [0.1, 0.15) is 11.7 Å². The summed E-state index contributed by atoms with van der Waals surface area (Å²) in [5, 5.41) is 6.46. The standard InChI is InChI=1S/C19H17N3OS/c1-23-13-9-10-16-17(11-13)24-19(21-16)22-18(20)15-8-4-6-12-5-2-3-7-14(12)15/h2-11,18H,20H2,1H3,(H,21,22). The van der Waals surface area contributed by atoms with E-state index >= 15 is 0 Å². The summed E-state index contributed by atoms with van der Waals surface area (Å²) >= 11 is 1.57. The van der Waals surface area contributed by atoms with Crippen LogP contribution >= 0.6 is 11.3 Å². The molecule has 4 rings (SSSR count). The number of nitrogens with two attached hydrogens (primary N) is 1. The molecule has 5 heteroatoms. The Morgan fingerprint density at radius 2 is 1.92 bits per heavy atom. The van der Waals surface area contributed by atoms with Gasteiger partial charge in [-0.2, -0.15) is 0 Å². The number of methoxy groups -OCH3 is 1. The number of benzene rings is 3. The van der Waals surface area contributed by atoms with Crippen molar-refractivity contribution in [1.82, 2.24) is 4.98 Å². The van der Waals surface area contributed by atoms with Gasteiger partial charge >= 0.3 is 0 Å². The summed E-state index contributed by atoms with van der Waals surface area (Å²) in [4.78, 5) is 4.61. The van der Waals surface area contributed by atoms with Crippen LogP contribution in [-0.4, -0.2) is 12.1 Å². The van der Waals surface area contributed by atoms with Gasteiger partial charge in [-0.1, -0.05) is 53.8 Å². The van der Waals surface area contributed by atoms with Gasteiger partial charge in [0.15, 0.2) is 5.13 Å². The molecule has 1 heterocycles. The molecule has 24 heavy (non-hydrogen) atoms. The molecule has 0 saturated heterocycles. The fourth-order valence-corrected chi connectivity index (χ4v) is 3.76. The van der Waals surface area contributed by atoms with E-state index in [4.69, 9.17) is 10.5 Å². The van der Waals surface area contributed by atoms with Crippen LogP contribution in [0, 0.1) is 0 Å². The first-order valence-corrected chi connectivity index (χ1v) is 8.50. The Bertz CT molecular complexity index is 1010. The molecule has 0 fully saturated rings. The van der Waals surface area contributed by atoms with Crippen LogP contribution in [0.5, 0.6) is 5.75 Å². The number of thiazole rings is 1. The van der Waals surface area contributed by atoms with Crippen molar-refractivity contribution in [2.45, 2.75) is 6.17 Å². The van der Waals surface area contributed by atoms with E-state index in [9.17, 15) is 0 Å². The van der Waals surface area contributed by atoms with Crippen LogP contribution in [0.4, 0.5) is 5.13 Å². The summed E-state index contributed by atoms with van der Waals surface area (Å²) in [6.45, 7) is 0. The van der Waals surface area contributed by atoms with Gasteiger partial charge in [-0.3, -0.25) is 0 Å². The van der Waals surface area contributed by atoms with E-state index in [0.717, 1.165) is 32.0 Å². The largest absolute Gasteiger partial charge is 0.497 e. The molecule has 0 amide bonds. The number of nitrogens with one attached hydrogen (secondary N) is 1. The van der Waals surface area contributed by atoms with Crippen molar-refractivity contribution in [3.8, 4) is 5.75 Å². The topological polar surface area (TPSA) is 60.2 Å². The van der Waals surface area contributed by atoms with Gasteiger partial charge in [0.05, 0.1) is 17.3 Å². The van der Waals surface area contributed by atoms with Crippen molar-refractivity contribution >= 4 is 37.5 Å². The molecule has 0 spiro atoms. The van der Waals surface area contributed by atoms with Crippen molar-refractivity contribution in [2.24, 2.45) is 5.73 Å². The quantitative estimate of drug-likeness (QED) is 0.538. The molecule has 1 unspecified atom stereocenters. The maximum atomic E-state index is 6.40. The van der Waals surface area contributed by atoms with Crippen LogP contribution in [0.15, 0.2) is 60.7 Å². The van der Waals surface area contributed by atoms with Gasteiger partial charge in [0.1, 0.15) is 11.9 Å². The third-order valence-electron chi connectivity index (χ3n) is 4.03. The van der Waals surface area contributed by atoms with Crippen LogP contribution in [0.3, 0.4) is 0 Å². The number of aromatic nitrogens is 1. The van der Waals surface area contributed by atoms with E-state index in [0.29, 0.717) is 0 Å². The van der Waals surface area contributed by atoms with E-state index < -0.39 is 0 Å². The highest BCUT2D eigenvalue weighted by Gasteiger charge is 2.12. The highest BCUT2D eigenvalue weighted by atomic mass is 32.1. The average Bonchev–Trinajstić information content (AvgIpc) is 3.02. The van der Waals surface area contributed by atoms with E-state index in [1.165, 1.54) is 5.39 Å². The minimum Gasteiger partial charge on any atom is -0.497 e. The maximum absolute atomic E-state index is 6.40. The first-order chi connectivity index (χ1) is 11.7. The molecular formula is C19H17N3OS. The molecule has 0 aliphatic heterocycles. The van der Waals surface area contributed by atoms with Gasteiger partial charge in [-0.25, -0.2) is 4.98 Å². The Labute approximate surface area is 143 Å². The Morgan fingerprint density at radius 1 is 1.08 bits per heavy atom. The zero-order chi connectivity index (χ0) is 16.5. The van der Waals surface area contributed by atoms with Crippen molar-refractivity contribution in [1.29, 1.82) is 0 Å². The molecular weight excluding hydrogens is 318 g/mol. The van der Waals surface area contributed by atoms with Crippen molar-refractivity contribution in [2.75, 3.05) is 12.4 Å². The van der Waals surface area contributed by atoms with Gasteiger partial charge in [-0.05, 0) is 34.5 Å². The number of nitrogens with zero attached hydrogens (tertiary/aromatic N) is 1. The fourth-order valence-electron chi connectivity index (χ4n) is 2.83. The third-order valence-corrected chi connectivity index (χ3v) is 4.98. The predicted molar refractivity (Wildman–Crippen MR) is 101 cm³/mol. The first kappa shape index (κ1) is 14.9. The molecule has 3 N–H and O–H groups in total. The minimum absolute atomic E-state index is 0.321. The molecule has 1 aromatic heterocycles. The summed E-state index contributed by atoms with van der Waals surface area (Å²) in [6.07, 6.45) is -0.321. The zero-order valence-electron chi connectivity index (χ0n) is 13.2. The first-order valence-electron chi connectivity index (χ1n) is 7.69. The SMILES string of the molecule is COc1ccc2nc(NC(N)c3cccc4ccccc34)sc2c1. The van der Waals surface area contributed by atoms with Crippen LogP contribution in [-0.2, 0) is 0 Å². The number of rotatable bonds is 4. The highest BCUT2D eigenvalue weighted by Crippen LogP contribution is 2.31. The fraction of sp³-hybridized carbons (Fsp3) is 0.105. The van der Waals surface area contributed by atoms with Gasteiger partial charge in [0, 0.05) is 0 Å². The number of anilines is 1. The molecule has 1 atom stereocenters. The Morgan fingerprint density at radius 3 is 2.79 bits per heavy atom. The van der Waals surface area contributed by atoms with Crippen molar-refractivity contribution < 1.29 is 4.74 Å². The lowest BCUT2D eigenvalue weighted by molar-refractivity contribution is 0.415. The summed E-state index contributed by atoms with van der Waals surface area (Å²) < 4.78 is 6.34. The molecule has 0 aliphatic rings. The summed E-state index contributed by atoms with van der Waals surface area (Å²) in [6, 6.07) is 20.3. The molecule has 4 aromatic rings. The van der Waals surface area contributed by atoms with Crippen molar-refractivity contribution in [3.05, 3.63) is 66.2 Å². The van der Waals surface area contributed by atoms with E-state index in [1.807, 2.05) is 36.4 Å². The second-order valence-electron chi connectivity index (χ2n) is 5.54. The van der Waals surface area contributed by atoms with Crippen LogP contribution in [0.25, 0.3) is 21.0 Å². The number of hydrogen-bond donors (Lipinski definition) is 2. The van der Waals surface area contributed by atoms with E-state index in [2.05, 4.69) is 34.6 Å². The molecule has 0 radical (unpaired) electrons. The average molecular weight is 335 g/mol. The number of fused-ring (bicyclic) bond motifs is 2. The van der Waals surface area contributed by atoms with Crippen molar-refractivity contribution in [3.63, 3.8) is 0 Å². The lowest BCUT2D eigenvalue weighted by atomic mass is 10.0. The number of hydrogen-bond acceptors (Lipinski definition) is 5. The summed E-state index contributed by atoms with van der Waals surface area (Å²) in [7, 11) is 1.66. The maximum Gasteiger partial charge on any atom is 0.185 e. The van der Waals surface area contributed by atoms with Crippen LogP contribution < -0.4 is 15.8 Å². The zero-order valence-corrected chi connectivity index (χ0v) is 14.0. The van der Waals surface area contributed by atoms with E-state index in [-0.39, 0.29) is 6.17 Å². The number of ether oxygens (including phenoxy) is 1. The second-order valence-corrected chi connectivity index (χ2v) is 6.57. The van der Waals surface area contributed by atoms with Gasteiger partial charge in [0.25, 0.3) is 0 Å². The molecule has 3 aromatic carbocycles. The Kier molecular flexibility index (Phi) is 3.80. The Hall–Kier alpha value is -2.63. The lowest BCUT2D eigenvalue weighted by Gasteiger charge is -2.15. The second kappa shape index (κ2) is 6.11. The van der Waals surface area contributed by atoms with Gasteiger partial charge in [0.2, 0.25) is 0 Å². The van der Waals surface area contributed by atoms with Gasteiger partial charge < -0.3 is 15.8 Å². The molecule has 4 nitrogen and oxygen atoms in total. The monoisotopic (exact) mass is 335 g/mol. The summed E-state index contributed by atoms with van der Waals surface area (Å²) in [5.41, 5.74) is 8.40. The molecule has 120 valence electrons. The lowest BCUT2D eigenvalue weighted by Crippen LogP contribution is -2.20. The predicted octanol–water partition coefficient (Wildman–Crippen LogP) is 4.53. The smallest absolute Gasteiger partial charge is 0.185 e. The molecule has 0 aliphatic carbocycles. The van der Waals surface area contributed by atoms with E-state index in [1.54, 1.807) is 18.4 Å². The highest BCUT2D eigenvalue weighted by molar-refractivity contribution is 7.22. The Balaban J connectivity index is 1.67. The van der Waals surface area contributed by atoms with Crippen LogP contribution in [0.2, 0.25) is 0 Å². The normalized spacial score (nSPS) is 12.4. The summed E-state index contributed by atoms with van der Waals surface area (Å²) in [5.74, 6) is 0.830. The third kappa shape index (κ3) is 2.68. The molecule has 0 bridgehead atoms. The minimum atomic E-state index is -0.321. The van der Waals surface area contributed by atoms with Gasteiger partial charge in [-0.15, -0.1) is 0 Å². The molecule has 0 saturated carbocycles.